The molecule has 1 aromatic heterocycles. The van der Waals surface area contributed by atoms with E-state index in [2.05, 4.69) is 32.5 Å². The van der Waals surface area contributed by atoms with Crippen molar-refractivity contribution in [2.24, 2.45) is 0 Å². The predicted molar refractivity (Wildman–Crippen MR) is 137 cm³/mol. The average Bonchev–Trinajstić information content (AvgIpc) is 3.06. The van der Waals surface area contributed by atoms with Crippen LogP contribution in [0.5, 0.6) is 0 Å². The Bertz CT molecular complexity index is 1160. The lowest BCUT2D eigenvalue weighted by molar-refractivity contribution is 0.102. The van der Waals surface area contributed by atoms with Crippen LogP contribution in [-0.2, 0) is 0 Å². The Kier molecular flexibility index (Phi) is 7.45. The van der Waals surface area contributed by atoms with Crippen LogP contribution in [-0.4, -0.2) is 54.9 Å². The van der Waals surface area contributed by atoms with Crippen molar-refractivity contribution in [1.82, 2.24) is 9.88 Å². The molecule has 2 heterocycles. The molecule has 1 saturated heterocycles. The van der Waals surface area contributed by atoms with E-state index in [1.165, 1.54) is 6.07 Å². The van der Waals surface area contributed by atoms with Crippen LogP contribution in [0, 0.1) is 6.92 Å². The van der Waals surface area contributed by atoms with Gasteiger partial charge in [-0.3, -0.25) is 9.59 Å². The smallest absolute Gasteiger partial charge is 0.258 e. The molecule has 0 bridgehead atoms. The van der Waals surface area contributed by atoms with Crippen molar-refractivity contribution >= 4 is 40.6 Å². The lowest BCUT2D eigenvalue weighted by Crippen LogP contribution is -2.28. The number of aryl methyl sites for hydroxylation is 1. The maximum Gasteiger partial charge on any atom is 0.258 e. The highest BCUT2D eigenvalue weighted by Gasteiger charge is 2.17. The molecule has 1 aliphatic heterocycles. The fourth-order valence-corrected chi connectivity index (χ4v) is 4.03. The molecule has 0 atom stereocenters. The van der Waals surface area contributed by atoms with Crippen molar-refractivity contribution in [2.45, 2.75) is 13.3 Å². The molecule has 2 amide bonds. The number of nitrogens with one attached hydrogen (secondary N) is 2. The van der Waals surface area contributed by atoms with Gasteiger partial charge in [-0.05, 0) is 81.0 Å². The van der Waals surface area contributed by atoms with Gasteiger partial charge in [0, 0.05) is 42.1 Å². The van der Waals surface area contributed by atoms with E-state index in [1.807, 2.05) is 37.3 Å². The number of hydrogen-bond acceptors (Lipinski definition) is 5. The Labute approximate surface area is 204 Å². The maximum atomic E-state index is 12.9. The first-order valence-electron chi connectivity index (χ1n) is 11.3. The van der Waals surface area contributed by atoms with Crippen LogP contribution in [0.4, 0.5) is 17.2 Å². The number of aromatic nitrogens is 1. The Balaban J connectivity index is 1.47. The summed E-state index contributed by atoms with van der Waals surface area (Å²) >= 11 is 6.13. The highest BCUT2D eigenvalue weighted by atomic mass is 35.5. The lowest BCUT2D eigenvalue weighted by Gasteiger charge is -2.23. The highest BCUT2D eigenvalue weighted by Crippen LogP contribution is 2.24. The van der Waals surface area contributed by atoms with Crippen molar-refractivity contribution in [1.29, 1.82) is 0 Å². The van der Waals surface area contributed by atoms with E-state index < -0.39 is 5.91 Å². The number of hydrogen-bond donors (Lipinski definition) is 2. The van der Waals surface area contributed by atoms with Gasteiger partial charge in [-0.1, -0.05) is 17.7 Å². The number of rotatable bonds is 5. The third-order valence-electron chi connectivity index (χ3n) is 5.84. The molecule has 0 unspecified atom stereocenters. The molecular weight excluding hydrogens is 450 g/mol. The predicted octanol–water partition coefficient (Wildman–Crippen LogP) is 4.69. The van der Waals surface area contributed by atoms with Crippen molar-refractivity contribution in [3.8, 4) is 0 Å². The summed E-state index contributed by atoms with van der Waals surface area (Å²) in [5.41, 5.74) is 3.23. The van der Waals surface area contributed by atoms with Crippen molar-refractivity contribution in [3.05, 3.63) is 82.5 Å². The van der Waals surface area contributed by atoms with Crippen LogP contribution in [0.3, 0.4) is 0 Å². The summed E-state index contributed by atoms with van der Waals surface area (Å²) in [5, 5.41) is 5.99. The number of carbonyl (C=O) groups excluding carboxylic acids is 2. The minimum atomic E-state index is -0.407. The Morgan fingerprint density at radius 1 is 0.912 bits per heavy atom. The minimum Gasteiger partial charge on any atom is -0.370 e. The molecule has 2 N–H and O–H groups in total. The second kappa shape index (κ2) is 10.7. The van der Waals surface area contributed by atoms with E-state index in [9.17, 15) is 9.59 Å². The van der Waals surface area contributed by atoms with E-state index in [-0.39, 0.29) is 11.5 Å². The summed E-state index contributed by atoms with van der Waals surface area (Å²) in [6.45, 7) is 5.98. The first kappa shape index (κ1) is 23.7. The van der Waals surface area contributed by atoms with Gasteiger partial charge in [0.2, 0.25) is 0 Å². The van der Waals surface area contributed by atoms with E-state index in [0.29, 0.717) is 22.1 Å². The first-order valence-corrected chi connectivity index (χ1v) is 11.7. The summed E-state index contributed by atoms with van der Waals surface area (Å²) in [6, 6.07) is 15.9. The molecule has 7 nitrogen and oxygen atoms in total. The maximum absolute atomic E-state index is 12.9. The monoisotopic (exact) mass is 477 g/mol. The molecule has 0 saturated carbocycles. The Morgan fingerprint density at radius 2 is 1.71 bits per heavy atom. The average molecular weight is 478 g/mol. The topological polar surface area (TPSA) is 77.6 Å². The van der Waals surface area contributed by atoms with E-state index in [4.69, 9.17) is 11.6 Å². The van der Waals surface area contributed by atoms with E-state index in [1.54, 1.807) is 24.4 Å². The number of anilines is 3. The van der Waals surface area contributed by atoms with Crippen molar-refractivity contribution < 1.29 is 9.59 Å². The van der Waals surface area contributed by atoms with Gasteiger partial charge in [-0.15, -0.1) is 0 Å². The van der Waals surface area contributed by atoms with Crippen LogP contribution in [0.1, 0.15) is 32.7 Å². The van der Waals surface area contributed by atoms with Gasteiger partial charge in [0.05, 0.1) is 11.3 Å². The van der Waals surface area contributed by atoms with Gasteiger partial charge in [-0.2, -0.15) is 0 Å². The van der Waals surface area contributed by atoms with Crippen LogP contribution in [0.2, 0.25) is 5.02 Å². The number of pyridine rings is 1. The van der Waals surface area contributed by atoms with Gasteiger partial charge in [0.1, 0.15) is 5.82 Å². The van der Waals surface area contributed by atoms with Crippen molar-refractivity contribution in [3.63, 3.8) is 0 Å². The molecule has 2 aromatic carbocycles. The summed E-state index contributed by atoms with van der Waals surface area (Å²) in [4.78, 5) is 34.7. The van der Waals surface area contributed by atoms with Gasteiger partial charge >= 0.3 is 0 Å². The number of likely N-dealkylation sites (N-methyl/N-ethyl adjacent to an activating group) is 1. The van der Waals surface area contributed by atoms with Crippen LogP contribution in [0.25, 0.3) is 0 Å². The van der Waals surface area contributed by atoms with Gasteiger partial charge in [0.25, 0.3) is 11.8 Å². The highest BCUT2D eigenvalue weighted by molar-refractivity contribution is 6.31. The lowest BCUT2D eigenvalue weighted by atomic mass is 10.1. The molecule has 34 heavy (non-hydrogen) atoms. The molecular formula is C26H28ClN5O2. The third-order valence-corrected chi connectivity index (χ3v) is 6.08. The quantitative estimate of drug-likeness (QED) is 0.557. The zero-order valence-electron chi connectivity index (χ0n) is 19.3. The van der Waals surface area contributed by atoms with Crippen LogP contribution >= 0.6 is 11.6 Å². The number of carbonyl (C=O) groups is 2. The molecule has 176 valence electrons. The molecule has 0 spiro atoms. The zero-order valence-corrected chi connectivity index (χ0v) is 20.1. The summed E-state index contributed by atoms with van der Waals surface area (Å²) in [5.74, 6) is -0.286. The standard InChI is InChI=1S/C26H28ClN5O2/c1-18-4-11-24(28-17-18)30-26(34)22-16-20(27)7-10-23(22)29-25(33)19-5-8-21(9-6-19)32-13-3-12-31(2)14-15-32/h4-11,16-17H,3,12-15H2,1-2H3,(H,29,33)(H,28,30,34). The fraction of sp³-hybridized carbons (Fsp3) is 0.269. The molecule has 0 aliphatic carbocycles. The molecule has 0 radical (unpaired) electrons. The van der Waals surface area contributed by atoms with Crippen LogP contribution in [0.15, 0.2) is 60.8 Å². The third kappa shape index (κ3) is 5.92. The number of benzene rings is 2. The summed E-state index contributed by atoms with van der Waals surface area (Å²) in [6.07, 6.45) is 2.78. The van der Waals surface area contributed by atoms with E-state index >= 15 is 0 Å². The molecule has 3 aromatic rings. The first-order chi connectivity index (χ1) is 16.4. The Hall–Kier alpha value is -3.42. The van der Waals surface area contributed by atoms with Crippen LogP contribution < -0.4 is 15.5 Å². The second-order valence-corrected chi connectivity index (χ2v) is 8.95. The van der Waals surface area contributed by atoms with E-state index in [0.717, 1.165) is 43.9 Å². The summed E-state index contributed by atoms with van der Waals surface area (Å²) in [7, 11) is 2.14. The fourth-order valence-electron chi connectivity index (χ4n) is 3.86. The zero-order chi connectivity index (χ0) is 24.1. The molecule has 8 heteroatoms. The number of halogens is 1. The summed E-state index contributed by atoms with van der Waals surface area (Å²) < 4.78 is 0. The largest absolute Gasteiger partial charge is 0.370 e. The SMILES string of the molecule is Cc1ccc(NC(=O)c2cc(Cl)ccc2NC(=O)c2ccc(N3CCCN(C)CC3)cc2)nc1. The minimum absolute atomic E-state index is 0.258. The van der Waals surface area contributed by atoms with Gasteiger partial charge < -0.3 is 20.4 Å². The number of nitrogens with zero attached hydrogens (tertiary/aromatic N) is 3. The molecule has 1 fully saturated rings. The second-order valence-electron chi connectivity index (χ2n) is 8.51. The van der Waals surface area contributed by atoms with Gasteiger partial charge in [0.15, 0.2) is 0 Å². The normalized spacial score (nSPS) is 14.4. The van der Waals surface area contributed by atoms with Crippen molar-refractivity contribution in [2.75, 3.05) is 48.8 Å². The number of amides is 2. The molecule has 4 rings (SSSR count). The van der Waals surface area contributed by atoms with Gasteiger partial charge in [-0.25, -0.2) is 4.98 Å². The Morgan fingerprint density at radius 3 is 2.44 bits per heavy atom. The molecule has 1 aliphatic rings.